The molecule has 0 saturated heterocycles. The molecule has 61 heavy (non-hydrogen) atoms. The van der Waals surface area contributed by atoms with Gasteiger partial charge in [0.25, 0.3) is 8.32 Å². The molecule has 0 heterocycles. The summed E-state index contributed by atoms with van der Waals surface area (Å²) in [5.41, 5.74) is 10.3. The Labute approximate surface area is 372 Å². The second-order valence-corrected chi connectivity index (χ2v) is 34.4. The fourth-order valence-electron chi connectivity index (χ4n) is 8.79. The minimum absolute atomic E-state index is 0.141. The summed E-state index contributed by atoms with van der Waals surface area (Å²) in [4.78, 5) is 0. The van der Waals surface area contributed by atoms with E-state index in [1.807, 2.05) is 5.70 Å². The van der Waals surface area contributed by atoms with Crippen LogP contribution in [0.1, 0.15) is 38.8 Å². The highest BCUT2D eigenvalue weighted by molar-refractivity contribution is 7.09. The van der Waals surface area contributed by atoms with Crippen LogP contribution in [0.2, 0.25) is 31.2 Å². The second-order valence-electron chi connectivity index (χ2n) is 17.9. The molecule has 0 atom stereocenters. The van der Waals surface area contributed by atoms with E-state index in [-0.39, 0.29) is 5.04 Å². The van der Waals surface area contributed by atoms with E-state index < -0.39 is 43.6 Å². The highest BCUT2D eigenvalue weighted by Crippen LogP contribution is 2.59. The lowest BCUT2D eigenvalue weighted by Gasteiger charge is -2.56. The third kappa shape index (κ3) is 9.17. The first kappa shape index (κ1) is 47.1. The fraction of sp³-hybridized carbons (Fsp3) is 0.200. The zero-order chi connectivity index (χ0) is 44.4. The van der Waals surface area contributed by atoms with Crippen LogP contribution in [0, 0.1) is 0 Å². The molecule has 6 aromatic rings. The fourth-order valence-corrected chi connectivity index (χ4v) is 20.6. The Morgan fingerprint density at radius 2 is 0.721 bits per heavy atom. The molecule has 2 nitrogen and oxygen atoms in total. The number of hydrogen-bond acceptors (Lipinski definition) is 2. The van der Waals surface area contributed by atoms with Gasteiger partial charge in [0.05, 0.1) is 13.3 Å². The molecule has 0 aliphatic rings. The van der Waals surface area contributed by atoms with Gasteiger partial charge < -0.3 is 8.85 Å². The largest absolute Gasteiger partial charge is 0.401 e. The van der Waals surface area contributed by atoms with Crippen LogP contribution in [-0.4, -0.2) is 38.0 Å². The molecule has 0 saturated carbocycles. The highest BCUT2D eigenvalue weighted by Gasteiger charge is 2.58. The van der Waals surface area contributed by atoms with Gasteiger partial charge in [0.2, 0.25) is 8.32 Å². The quantitative estimate of drug-likeness (QED) is 0.0850. The number of hydrogen-bond donors (Lipinski definition) is 0. The van der Waals surface area contributed by atoms with Gasteiger partial charge in [-0.2, -0.15) is 0 Å². The Morgan fingerprint density at radius 3 is 1.02 bits per heavy atom. The standard InChI is InChI=1S/C31H32OSi2.C24H34OSi2/c1-5-33(27-19-11-7-12-20-27,28-21-13-8-14-22-28)31(3,4)32-34(6-2,29-23-15-9-16-24-29)30-25-17-10-18-26-30;1-9-26(5,6)23(3,4)24(25-27(7,8)10-2,21-17-13-11-14-18-21)22-19-15-12-16-20-22/h5-26H,1-2H2,3-4H3;9-20H,1-2H2,3-8H3. The lowest BCUT2D eigenvalue weighted by Crippen LogP contribution is -2.75. The van der Waals surface area contributed by atoms with Crippen molar-refractivity contribution in [3.63, 3.8) is 0 Å². The lowest BCUT2D eigenvalue weighted by molar-refractivity contribution is 0.0585. The Morgan fingerprint density at radius 1 is 0.393 bits per heavy atom. The van der Waals surface area contributed by atoms with E-state index in [1.54, 1.807) is 0 Å². The third-order valence-electron chi connectivity index (χ3n) is 13.1. The summed E-state index contributed by atoms with van der Waals surface area (Å²) in [6.45, 7) is 35.5. The van der Waals surface area contributed by atoms with E-state index in [0.717, 1.165) is 0 Å². The summed E-state index contributed by atoms with van der Waals surface area (Å²) >= 11 is 0. The highest BCUT2D eigenvalue weighted by atomic mass is 28.4. The first-order chi connectivity index (χ1) is 29.0. The van der Waals surface area contributed by atoms with Crippen molar-refractivity contribution in [1.29, 1.82) is 0 Å². The van der Waals surface area contributed by atoms with Crippen LogP contribution in [-0.2, 0) is 14.5 Å². The minimum Gasteiger partial charge on any atom is -0.401 e. The molecule has 6 aromatic carbocycles. The van der Waals surface area contributed by atoms with E-state index in [0.29, 0.717) is 0 Å². The van der Waals surface area contributed by atoms with Gasteiger partial charge in [-0.25, -0.2) is 0 Å². The molecule has 0 fully saturated rings. The van der Waals surface area contributed by atoms with Crippen molar-refractivity contribution < 1.29 is 8.85 Å². The zero-order valence-electron chi connectivity index (χ0n) is 37.8. The van der Waals surface area contributed by atoms with Gasteiger partial charge in [-0.15, -0.1) is 32.0 Å². The van der Waals surface area contributed by atoms with Crippen LogP contribution in [0.15, 0.2) is 231 Å². The Kier molecular flexibility index (Phi) is 15.0. The van der Waals surface area contributed by atoms with Crippen LogP contribution < -0.4 is 20.7 Å². The average molecular weight is 871 g/mol. The molecule has 0 aliphatic heterocycles. The smallest absolute Gasteiger partial charge is 0.280 e. The van der Waals surface area contributed by atoms with Crippen LogP contribution in [0.25, 0.3) is 0 Å². The SMILES string of the molecule is C=C[Si](C)(C)OC(c1ccccc1)(c1ccccc1)C(C)(C)[Si](C)(C)C=C.C=C[Si](OC(C)(C)[Si](C=C)(c1ccccc1)c1ccccc1)(c1ccccc1)c1ccccc1. The molecule has 6 heteroatoms. The predicted molar refractivity (Wildman–Crippen MR) is 276 cm³/mol. The number of rotatable bonds is 17. The molecule has 0 N–H and O–H groups in total. The maximum Gasteiger partial charge on any atom is 0.280 e. The maximum atomic E-state index is 7.52. The molecule has 314 valence electrons. The van der Waals surface area contributed by atoms with Gasteiger partial charge in [-0.05, 0) is 58.8 Å². The van der Waals surface area contributed by atoms with Crippen molar-refractivity contribution in [3.05, 3.63) is 242 Å². The van der Waals surface area contributed by atoms with E-state index in [1.165, 1.54) is 31.9 Å². The number of benzene rings is 6. The van der Waals surface area contributed by atoms with Gasteiger partial charge in [-0.3, -0.25) is 0 Å². The van der Waals surface area contributed by atoms with Gasteiger partial charge in [0.1, 0.15) is 5.60 Å². The normalized spacial score (nSPS) is 12.7. The van der Waals surface area contributed by atoms with Crippen molar-refractivity contribution in [2.45, 2.75) is 69.7 Å². The van der Waals surface area contributed by atoms with E-state index in [4.69, 9.17) is 8.85 Å². The van der Waals surface area contributed by atoms with Gasteiger partial charge in [-0.1, -0.05) is 226 Å². The van der Waals surface area contributed by atoms with Crippen LogP contribution in [0.4, 0.5) is 0 Å². The summed E-state index contributed by atoms with van der Waals surface area (Å²) in [5.74, 6) is 0. The monoisotopic (exact) mass is 870 g/mol. The molecule has 0 spiro atoms. The minimum atomic E-state index is -2.80. The van der Waals surface area contributed by atoms with Gasteiger partial charge >= 0.3 is 0 Å². The summed E-state index contributed by atoms with van der Waals surface area (Å²) in [6, 6.07) is 64.1. The second kappa shape index (κ2) is 19.4. The predicted octanol–water partition coefficient (Wildman–Crippen LogP) is 11.9. The van der Waals surface area contributed by atoms with Crippen LogP contribution >= 0.6 is 0 Å². The Bertz CT molecular complexity index is 2210. The Balaban J connectivity index is 0.000000238. The molecule has 0 radical (unpaired) electrons. The third-order valence-corrected chi connectivity index (χ3v) is 28.6. The Hall–Kier alpha value is -4.93. The van der Waals surface area contributed by atoms with Crippen molar-refractivity contribution in [2.24, 2.45) is 0 Å². The van der Waals surface area contributed by atoms with Crippen LogP contribution in [0.3, 0.4) is 0 Å². The topological polar surface area (TPSA) is 18.5 Å². The summed E-state index contributed by atoms with van der Waals surface area (Å²) in [6.07, 6.45) is 0. The average Bonchev–Trinajstić information content (AvgIpc) is 3.29. The first-order valence-corrected chi connectivity index (χ1v) is 31.4. The molecule has 6 rings (SSSR count). The van der Waals surface area contributed by atoms with Gasteiger partial charge in [0.15, 0.2) is 8.07 Å². The van der Waals surface area contributed by atoms with E-state index >= 15 is 0 Å². The van der Waals surface area contributed by atoms with Crippen molar-refractivity contribution in [3.8, 4) is 0 Å². The molecule has 0 bridgehead atoms. The molecule has 0 unspecified atom stereocenters. The maximum absolute atomic E-state index is 7.52. The lowest BCUT2D eigenvalue weighted by atomic mass is 9.77. The van der Waals surface area contributed by atoms with Gasteiger partial charge in [0, 0.05) is 5.04 Å². The molecule has 0 amide bonds. The molecular formula is C55H66O2Si4. The van der Waals surface area contributed by atoms with E-state index in [2.05, 4.69) is 279 Å². The summed E-state index contributed by atoms with van der Waals surface area (Å²) in [5, 5.41) is 4.29. The molecule has 0 aliphatic carbocycles. The van der Waals surface area contributed by atoms with E-state index in [9.17, 15) is 0 Å². The molecular weight excluding hydrogens is 805 g/mol. The molecule has 0 aromatic heterocycles. The summed E-state index contributed by atoms with van der Waals surface area (Å²) in [7, 11) is -9.43. The first-order valence-electron chi connectivity index (χ1n) is 21.3. The summed E-state index contributed by atoms with van der Waals surface area (Å²) < 4.78 is 14.7. The zero-order valence-corrected chi connectivity index (χ0v) is 41.8. The van der Waals surface area contributed by atoms with Crippen molar-refractivity contribution in [1.82, 2.24) is 0 Å². The van der Waals surface area contributed by atoms with Crippen LogP contribution in [0.5, 0.6) is 0 Å². The van der Waals surface area contributed by atoms with Crippen molar-refractivity contribution in [2.75, 3.05) is 0 Å². The van der Waals surface area contributed by atoms with Crippen molar-refractivity contribution >= 4 is 53.5 Å².